The van der Waals surface area contributed by atoms with Crippen molar-refractivity contribution >= 4 is 11.5 Å². The zero-order valence-corrected chi connectivity index (χ0v) is 8.96. The minimum Gasteiger partial charge on any atom is -0.491 e. The molecule has 0 saturated heterocycles. The molecule has 1 rings (SSSR count). The van der Waals surface area contributed by atoms with Gasteiger partial charge in [0.1, 0.15) is 0 Å². The molecule has 0 amide bonds. The van der Waals surface area contributed by atoms with Crippen LogP contribution in [0.25, 0.3) is 0 Å². The molecule has 1 aromatic rings. The van der Waals surface area contributed by atoms with E-state index in [2.05, 4.69) is 4.99 Å². The van der Waals surface area contributed by atoms with E-state index in [-0.39, 0.29) is 5.75 Å². The van der Waals surface area contributed by atoms with Crippen LogP contribution in [0.2, 0.25) is 0 Å². The Balaban J connectivity index is 2.91. The van der Waals surface area contributed by atoms with Gasteiger partial charge in [0, 0.05) is 12.5 Å². The predicted molar refractivity (Wildman–Crippen MR) is 59.1 cm³/mol. The van der Waals surface area contributed by atoms with Crippen LogP contribution in [0.1, 0.15) is 20.3 Å². The van der Waals surface area contributed by atoms with Gasteiger partial charge >= 0.3 is 0 Å². The van der Waals surface area contributed by atoms with Crippen molar-refractivity contribution in [2.24, 2.45) is 10.7 Å². The molecule has 0 saturated carbocycles. The standard InChI is InChI=1S/C11H15FN2O/c1-3-11(13)14-8-5-6-10(15-4-2)9(12)7-8/h5-7H,3-4H2,1-2H3,(H2,13,14). The van der Waals surface area contributed by atoms with E-state index in [1.54, 1.807) is 19.1 Å². The van der Waals surface area contributed by atoms with E-state index in [0.717, 1.165) is 0 Å². The van der Waals surface area contributed by atoms with Gasteiger partial charge in [-0.15, -0.1) is 0 Å². The van der Waals surface area contributed by atoms with Gasteiger partial charge in [-0.25, -0.2) is 9.38 Å². The number of rotatable bonds is 4. The van der Waals surface area contributed by atoms with E-state index in [1.807, 2.05) is 6.92 Å². The van der Waals surface area contributed by atoms with Gasteiger partial charge in [0.15, 0.2) is 11.6 Å². The number of amidine groups is 1. The molecule has 82 valence electrons. The molecule has 3 nitrogen and oxygen atoms in total. The lowest BCUT2D eigenvalue weighted by atomic mass is 10.3. The number of hydrogen-bond donors (Lipinski definition) is 1. The molecule has 2 N–H and O–H groups in total. The summed E-state index contributed by atoms with van der Waals surface area (Å²) in [6.45, 7) is 4.14. The second-order valence-electron chi connectivity index (χ2n) is 3.00. The maximum atomic E-state index is 13.4. The molecule has 0 aromatic heterocycles. The van der Waals surface area contributed by atoms with Crippen LogP contribution >= 0.6 is 0 Å². The number of benzene rings is 1. The summed E-state index contributed by atoms with van der Waals surface area (Å²) in [7, 11) is 0. The Kier molecular flexibility index (Phi) is 4.09. The Morgan fingerprint density at radius 1 is 1.47 bits per heavy atom. The highest BCUT2D eigenvalue weighted by Gasteiger charge is 2.03. The highest BCUT2D eigenvalue weighted by atomic mass is 19.1. The Morgan fingerprint density at radius 3 is 2.73 bits per heavy atom. The third kappa shape index (κ3) is 3.23. The zero-order valence-electron chi connectivity index (χ0n) is 8.96. The molecule has 0 heterocycles. The summed E-state index contributed by atoms with van der Waals surface area (Å²) in [5.41, 5.74) is 6.06. The lowest BCUT2D eigenvalue weighted by Crippen LogP contribution is -2.08. The smallest absolute Gasteiger partial charge is 0.167 e. The molecule has 4 heteroatoms. The quantitative estimate of drug-likeness (QED) is 0.613. The Bertz CT molecular complexity index is 364. The first-order valence-corrected chi connectivity index (χ1v) is 4.92. The predicted octanol–water partition coefficient (Wildman–Crippen LogP) is 2.62. The number of ether oxygens (including phenoxy) is 1. The highest BCUT2D eigenvalue weighted by molar-refractivity contribution is 5.82. The summed E-state index contributed by atoms with van der Waals surface area (Å²) in [5.74, 6) is 0.312. The first-order chi connectivity index (χ1) is 7.17. The van der Waals surface area contributed by atoms with Crippen LogP contribution in [0.3, 0.4) is 0 Å². The summed E-state index contributed by atoms with van der Waals surface area (Å²) in [6, 6.07) is 4.55. The molecule has 15 heavy (non-hydrogen) atoms. The molecule has 0 unspecified atom stereocenters. The summed E-state index contributed by atoms with van der Waals surface area (Å²) in [4.78, 5) is 4.04. The van der Waals surface area contributed by atoms with E-state index in [1.165, 1.54) is 6.07 Å². The lowest BCUT2D eigenvalue weighted by Gasteiger charge is -2.04. The number of hydrogen-bond acceptors (Lipinski definition) is 2. The molecular weight excluding hydrogens is 195 g/mol. The maximum Gasteiger partial charge on any atom is 0.167 e. The molecule has 0 aliphatic heterocycles. The van der Waals surface area contributed by atoms with Crippen LogP contribution in [0.4, 0.5) is 10.1 Å². The molecule has 0 atom stereocenters. The van der Waals surface area contributed by atoms with Crippen LogP contribution in [-0.4, -0.2) is 12.4 Å². The molecule has 1 aromatic carbocycles. The fourth-order valence-corrected chi connectivity index (χ4v) is 1.08. The van der Waals surface area contributed by atoms with Gasteiger partial charge in [0.2, 0.25) is 0 Å². The van der Waals surface area contributed by atoms with Crippen molar-refractivity contribution in [1.82, 2.24) is 0 Å². The second kappa shape index (κ2) is 5.34. The molecule has 0 aliphatic carbocycles. The normalized spacial score (nSPS) is 11.5. The van der Waals surface area contributed by atoms with Crippen molar-refractivity contribution in [1.29, 1.82) is 0 Å². The van der Waals surface area contributed by atoms with E-state index < -0.39 is 5.82 Å². The van der Waals surface area contributed by atoms with Gasteiger partial charge in [-0.1, -0.05) is 6.92 Å². The summed E-state index contributed by atoms with van der Waals surface area (Å²) >= 11 is 0. The zero-order chi connectivity index (χ0) is 11.3. The SMILES string of the molecule is CCOc1ccc(N=C(N)CC)cc1F. The first-order valence-electron chi connectivity index (χ1n) is 4.92. The largest absolute Gasteiger partial charge is 0.491 e. The number of nitrogens with zero attached hydrogens (tertiary/aromatic N) is 1. The average Bonchev–Trinajstić information content (AvgIpc) is 2.22. The topological polar surface area (TPSA) is 47.6 Å². The van der Waals surface area contributed by atoms with E-state index in [0.29, 0.717) is 24.6 Å². The second-order valence-corrected chi connectivity index (χ2v) is 3.00. The molecule has 0 spiro atoms. The van der Waals surface area contributed by atoms with Crippen LogP contribution < -0.4 is 10.5 Å². The maximum absolute atomic E-state index is 13.4. The Morgan fingerprint density at radius 2 is 2.20 bits per heavy atom. The van der Waals surface area contributed by atoms with Crippen LogP contribution in [0.15, 0.2) is 23.2 Å². The fraction of sp³-hybridized carbons (Fsp3) is 0.364. The van der Waals surface area contributed by atoms with Gasteiger partial charge in [-0.05, 0) is 19.1 Å². The molecule has 0 fully saturated rings. The van der Waals surface area contributed by atoms with E-state index in [4.69, 9.17) is 10.5 Å². The van der Waals surface area contributed by atoms with Gasteiger partial charge in [0.25, 0.3) is 0 Å². The minimum atomic E-state index is -0.415. The fourth-order valence-electron chi connectivity index (χ4n) is 1.08. The third-order valence-corrected chi connectivity index (χ3v) is 1.85. The summed E-state index contributed by atoms with van der Waals surface area (Å²) in [5, 5.41) is 0. The summed E-state index contributed by atoms with van der Waals surface area (Å²) < 4.78 is 18.4. The van der Waals surface area contributed by atoms with E-state index >= 15 is 0 Å². The number of nitrogens with two attached hydrogens (primary N) is 1. The van der Waals surface area contributed by atoms with Crippen molar-refractivity contribution < 1.29 is 9.13 Å². The minimum absolute atomic E-state index is 0.242. The first kappa shape index (κ1) is 11.5. The van der Waals surface area contributed by atoms with Crippen molar-refractivity contribution in [3.8, 4) is 5.75 Å². The molecule has 0 aliphatic rings. The van der Waals surface area contributed by atoms with Gasteiger partial charge < -0.3 is 10.5 Å². The van der Waals surface area contributed by atoms with Gasteiger partial charge in [-0.2, -0.15) is 0 Å². The molecular formula is C11H15FN2O. The van der Waals surface area contributed by atoms with Crippen LogP contribution in [0.5, 0.6) is 5.75 Å². The van der Waals surface area contributed by atoms with Gasteiger partial charge in [-0.3, -0.25) is 0 Å². The lowest BCUT2D eigenvalue weighted by molar-refractivity contribution is 0.321. The third-order valence-electron chi connectivity index (χ3n) is 1.85. The van der Waals surface area contributed by atoms with Crippen LogP contribution in [0, 0.1) is 5.82 Å². The average molecular weight is 210 g/mol. The van der Waals surface area contributed by atoms with Gasteiger partial charge in [0.05, 0.1) is 18.1 Å². The Hall–Kier alpha value is -1.58. The number of aliphatic imine (C=N–C) groups is 1. The molecule has 0 bridgehead atoms. The van der Waals surface area contributed by atoms with Crippen molar-refractivity contribution in [3.05, 3.63) is 24.0 Å². The van der Waals surface area contributed by atoms with Crippen LogP contribution in [-0.2, 0) is 0 Å². The Labute approximate surface area is 88.8 Å². The van der Waals surface area contributed by atoms with E-state index in [9.17, 15) is 4.39 Å². The molecule has 0 radical (unpaired) electrons. The highest BCUT2D eigenvalue weighted by Crippen LogP contribution is 2.22. The van der Waals surface area contributed by atoms with Crippen molar-refractivity contribution in [2.45, 2.75) is 20.3 Å². The number of halogens is 1. The van der Waals surface area contributed by atoms with Crippen molar-refractivity contribution in [3.63, 3.8) is 0 Å². The monoisotopic (exact) mass is 210 g/mol. The van der Waals surface area contributed by atoms with Crippen molar-refractivity contribution in [2.75, 3.05) is 6.61 Å². The summed E-state index contributed by atoms with van der Waals surface area (Å²) in [6.07, 6.45) is 0.648.